The van der Waals surface area contributed by atoms with Crippen LogP contribution in [-0.2, 0) is 0 Å². The van der Waals surface area contributed by atoms with Crippen LogP contribution in [0.25, 0.3) is 0 Å². The summed E-state index contributed by atoms with van der Waals surface area (Å²) in [6.07, 6.45) is 4.93. The summed E-state index contributed by atoms with van der Waals surface area (Å²) in [5, 5.41) is 10.2. The van der Waals surface area contributed by atoms with Gasteiger partial charge in [-0.05, 0) is 51.2 Å². The van der Waals surface area contributed by atoms with E-state index in [1.165, 1.54) is 5.56 Å². The average Bonchev–Trinajstić information content (AvgIpc) is 3.06. The molecule has 3 heteroatoms. The van der Waals surface area contributed by atoms with Crippen molar-refractivity contribution in [3.8, 4) is 0 Å². The van der Waals surface area contributed by atoms with Crippen molar-refractivity contribution in [1.29, 1.82) is 0 Å². The van der Waals surface area contributed by atoms with Gasteiger partial charge in [-0.3, -0.25) is 4.79 Å². The molecule has 0 spiro atoms. The molecule has 1 heterocycles. The summed E-state index contributed by atoms with van der Waals surface area (Å²) in [6.45, 7) is 4.89. The highest BCUT2D eigenvalue weighted by Gasteiger charge is 2.40. The molecule has 114 valence electrons. The van der Waals surface area contributed by atoms with Crippen LogP contribution in [0.1, 0.15) is 53.6 Å². The number of hydrogen-bond donors (Lipinski definition) is 1. The smallest absolute Gasteiger partial charge is 0.254 e. The number of aryl methyl sites for hydroxylation is 2. The Hall–Kier alpha value is -1.35. The number of amides is 1. The van der Waals surface area contributed by atoms with Crippen molar-refractivity contribution in [3.05, 3.63) is 34.9 Å². The van der Waals surface area contributed by atoms with Crippen LogP contribution in [0.3, 0.4) is 0 Å². The molecule has 1 aromatic carbocycles. The first-order valence-electron chi connectivity index (χ1n) is 8.14. The molecule has 1 saturated carbocycles. The van der Waals surface area contributed by atoms with Crippen molar-refractivity contribution >= 4 is 5.91 Å². The summed E-state index contributed by atoms with van der Waals surface area (Å²) >= 11 is 0. The zero-order valence-corrected chi connectivity index (χ0v) is 13.0. The van der Waals surface area contributed by atoms with E-state index in [1.54, 1.807) is 0 Å². The second-order valence-corrected chi connectivity index (χ2v) is 6.69. The van der Waals surface area contributed by atoms with Crippen LogP contribution < -0.4 is 0 Å². The molecule has 2 fully saturated rings. The lowest BCUT2D eigenvalue weighted by Crippen LogP contribution is -2.42. The van der Waals surface area contributed by atoms with Crippen LogP contribution >= 0.6 is 0 Å². The van der Waals surface area contributed by atoms with Gasteiger partial charge in [0, 0.05) is 24.1 Å². The summed E-state index contributed by atoms with van der Waals surface area (Å²) < 4.78 is 0. The minimum Gasteiger partial charge on any atom is -0.393 e. The fraction of sp³-hybridized carbons (Fsp3) is 0.611. The van der Waals surface area contributed by atoms with Gasteiger partial charge in [0.1, 0.15) is 0 Å². The molecule has 0 aromatic heterocycles. The number of likely N-dealkylation sites (tertiary alicyclic amines) is 1. The van der Waals surface area contributed by atoms with Crippen molar-refractivity contribution in [1.82, 2.24) is 4.90 Å². The van der Waals surface area contributed by atoms with Crippen molar-refractivity contribution in [3.63, 3.8) is 0 Å². The van der Waals surface area contributed by atoms with Gasteiger partial charge in [0.2, 0.25) is 0 Å². The maximum atomic E-state index is 12.9. The Morgan fingerprint density at radius 2 is 2.00 bits per heavy atom. The summed E-state index contributed by atoms with van der Waals surface area (Å²) in [6, 6.07) is 6.27. The third-order valence-corrected chi connectivity index (χ3v) is 5.20. The lowest BCUT2D eigenvalue weighted by Gasteiger charge is -2.31. The molecule has 3 rings (SSSR count). The molecule has 3 atom stereocenters. The van der Waals surface area contributed by atoms with E-state index >= 15 is 0 Å². The van der Waals surface area contributed by atoms with E-state index in [1.807, 2.05) is 24.0 Å². The van der Waals surface area contributed by atoms with Gasteiger partial charge in [-0.2, -0.15) is 0 Å². The van der Waals surface area contributed by atoms with Crippen LogP contribution in [0, 0.1) is 19.8 Å². The molecule has 3 unspecified atom stereocenters. The van der Waals surface area contributed by atoms with Crippen LogP contribution in [0.15, 0.2) is 18.2 Å². The Balaban J connectivity index is 1.82. The van der Waals surface area contributed by atoms with E-state index in [0.29, 0.717) is 0 Å². The lowest BCUT2D eigenvalue weighted by molar-refractivity contribution is 0.0527. The summed E-state index contributed by atoms with van der Waals surface area (Å²) in [5.74, 6) is 0.427. The van der Waals surface area contributed by atoms with Gasteiger partial charge >= 0.3 is 0 Å². The fourth-order valence-electron chi connectivity index (χ4n) is 4.12. The topological polar surface area (TPSA) is 40.5 Å². The van der Waals surface area contributed by atoms with Gasteiger partial charge in [-0.25, -0.2) is 0 Å². The van der Waals surface area contributed by atoms with Crippen molar-refractivity contribution in [2.45, 2.75) is 58.1 Å². The molecule has 21 heavy (non-hydrogen) atoms. The lowest BCUT2D eigenvalue weighted by atomic mass is 9.93. The van der Waals surface area contributed by atoms with Crippen molar-refractivity contribution in [2.24, 2.45) is 5.92 Å². The predicted octanol–water partition coefficient (Wildman–Crippen LogP) is 3.07. The highest BCUT2D eigenvalue weighted by atomic mass is 16.3. The predicted molar refractivity (Wildman–Crippen MR) is 83.3 cm³/mol. The quantitative estimate of drug-likeness (QED) is 0.908. The number of aliphatic hydroxyl groups is 1. The van der Waals surface area contributed by atoms with Crippen molar-refractivity contribution < 1.29 is 9.90 Å². The first kappa shape index (κ1) is 14.6. The molecule has 0 bridgehead atoms. The number of hydrogen-bond acceptors (Lipinski definition) is 2. The van der Waals surface area contributed by atoms with E-state index in [4.69, 9.17) is 0 Å². The maximum Gasteiger partial charge on any atom is 0.254 e. The molecule has 1 saturated heterocycles. The van der Waals surface area contributed by atoms with E-state index in [-0.39, 0.29) is 24.0 Å². The number of rotatable bonds is 2. The van der Waals surface area contributed by atoms with Gasteiger partial charge in [-0.15, -0.1) is 0 Å². The third kappa shape index (κ3) is 2.71. The first-order valence-corrected chi connectivity index (χ1v) is 8.14. The Bertz CT molecular complexity index is 540. The SMILES string of the molecule is Cc1ccc(C(=O)N2CCCC2C2CCCC2O)c(C)c1. The number of nitrogens with zero attached hydrogens (tertiary/aromatic N) is 1. The maximum absolute atomic E-state index is 12.9. The molecular formula is C18H25NO2. The molecule has 0 radical (unpaired) electrons. The largest absolute Gasteiger partial charge is 0.393 e. The molecule has 1 N–H and O–H groups in total. The molecular weight excluding hydrogens is 262 g/mol. The Morgan fingerprint density at radius 3 is 2.67 bits per heavy atom. The summed E-state index contributed by atoms with van der Waals surface area (Å²) in [5.41, 5.74) is 3.06. The average molecular weight is 287 g/mol. The normalized spacial score (nSPS) is 29.1. The highest BCUT2D eigenvalue weighted by Crippen LogP contribution is 2.36. The van der Waals surface area contributed by atoms with E-state index in [2.05, 4.69) is 13.0 Å². The van der Waals surface area contributed by atoms with Crippen LogP contribution in [0.5, 0.6) is 0 Å². The van der Waals surface area contributed by atoms with Crippen LogP contribution in [-0.4, -0.2) is 34.6 Å². The third-order valence-electron chi connectivity index (χ3n) is 5.20. The second kappa shape index (κ2) is 5.80. The van der Waals surface area contributed by atoms with E-state index < -0.39 is 0 Å². The van der Waals surface area contributed by atoms with Crippen molar-refractivity contribution in [2.75, 3.05) is 6.54 Å². The number of aliphatic hydroxyl groups excluding tert-OH is 1. The zero-order chi connectivity index (χ0) is 15.0. The standard InChI is InChI=1S/C18H25NO2/c1-12-8-9-14(13(2)11-12)18(21)19-10-4-6-16(19)15-5-3-7-17(15)20/h8-9,11,15-17,20H,3-7,10H2,1-2H3. The van der Waals surface area contributed by atoms with Gasteiger partial charge in [0.15, 0.2) is 0 Å². The Morgan fingerprint density at radius 1 is 1.19 bits per heavy atom. The molecule has 1 aromatic rings. The first-order chi connectivity index (χ1) is 10.1. The van der Waals surface area contributed by atoms with Gasteiger partial charge in [0.05, 0.1) is 6.10 Å². The molecule has 2 aliphatic rings. The monoisotopic (exact) mass is 287 g/mol. The molecule has 3 nitrogen and oxygen atoms in total. The molecule has 1 amide bonds. The summed E-state index contributed by atoms with van der Waals surface area (Å²) in [4.78, 5) is 14.9. The summed E-state index contributed by atoms with van der Waals surface area (Å²) in [7, 11) is 0. The minimum absolute atomic E-state index is 0.147. The van der Waals surface area contributed by atoms with Crippen LogP contribution in [0.4, 0.5) is 0 Å². The minimum atomic E-state index is -0.220. The number of carbonyl (C=O) groups is 1. The Labute approximate surface area is 127 Å². The van der Waals surface area contributed by atoms with E-state index in [9.17, 15) is 9.90 Å². The zero-order valence-electron chi connectivity index (χ0n) is 13.0. The van der Waals surface area contributed by atoms with E-state index in [0.717, 1.165) is 49.8 Å². The number of carbonyl (C=O) groups excluding carboxylic acids is 1. The molecule has 1 aliphatic carbocycles. The van der Waals surface area contributed by atoms with Crippen LogP contribution in [0.2, 0.25) is 0 Å². The van der Waals surface area contributed by atoms with Gasteiger partial charge < -0.3 is 10.0 Å². The van der Waals surface area contributed by atoms with Gasteiger partial charge in [0.25, 0.3) is 5.91 Å². The Kier molecular flexibility index (Phi) is 4.03. The fourth-order valence-corrected chi connectivity index (χ4v) is 4.12. The molecule has 1 aliphatic heterocycles. The second-order valence-electron chi connectivity index (χ2n) is 6.69. The number of benzene rings is 1. The van der Waals surface area contributed by atoms with Gasteiger partial charge in [-0.1, -0.05) is 24.1 Å². The highest BCUT2D eigenvalue weighted by molar-refractivity contribution is 5.96.